The summed E-state index contributed by atoms with van der Waals surface area (Å²) in [5.74, 6) is 1.32. The van der Waals surface area contributed by atoms with E-state index in [1.165, 1.54) is 4.57 Å². The summed E-state index contributed by atoms with van der Waals surface area (Å²) in [6, 6.07) is 15.2. The number of methoxy groups -OCH3 is 1. The summed E-state index contributed by atoms with van der Waals surface area (Å²) in [6.07, 6.45) is 4.08. The van der Waals surface area contributed by atoms with E-state index in [0.717, 1.165) is 37.0 Å². The van der Waals surface area contributed by atoms with Crippen molar-refractivity contribution in [1.29, 1.82) is 0 Å². The van der Waals surface area contributed by atoms with Crippen LogP contribution in [0.3, 0.4) is 0 Å². The quantitative estimate of drug-likeness (QED) is 0.661. The van der Waals surface area contributed by atoms with Gasteiger partial charge in [0.25, 0.3) is 5.56 Å². The molecule has 6 nitrogen and oxygen atoms in total. The zero-order valence-corrected chi connectivity index (χ0v) is 17.5. The largest absolute Gasteiger partial charge is 0.497 e. The molecule has 0 bridgehead atoms. The minimum Gasteiger partial charge on any atom is -0.497 e. The number of fused-ring (bicyclic) bond motifs is 1. The van der Waals surface area contributed by atoms with E-state index in [1.54, 1.807) is 20.1 Å². The van der Waals surface area contributed by atoms with Crippen molar-refractivity contribution in [3.63, 3.8) is 0 Å². The molecule has 1 fully saturated rings. The molecular formula is C24H27N3O3. The topological polar surface area (TPSA) is 64.4 Å². The van der Waals surface area contributed by atoms with Gasteiger partial charge in [-0.3, -0.25) is 14.2 Å². The number of carbonyl (C=O) groups excluding carboxylic acids is 1. The molecule has 0 spiro atoms. The minimum atomic E-state index is -0.165. The van der Waals surface area contributed by atoms with Crippen LogP contribution in [0.5, 0.6) is 5.75 Å². The summed E-state index contributed by atoms with van der Waals surface area (Å²) in [5, 5.41) is 0.540. The van der Waals surface area contributed by atoms with Crippen LogP contribution >= 0.6 is 0 Å². The number of ether oxygens (including phenoxy) is 1. The summed E-state index contributed by atoms with van der Waals surface area (Å²) in [4.78, 5) is 32.8. The summed E-state index contributed by atoms with van der Waals surface area (Å²) in [5.41, 5.74) is 1.60. The molecule has 30 heavy (non-hydrogen) atoms. The molecule has 0 aliphatic carbocycles. The number of rotatable bonds is 4. The number of para-hydroxylation sites is 1. The van der Waals surface area contributed by atoms with E-state index < -0.39 is 0 Å². The van der Waals surface area contributed by atoms with E-state index in [0.29, 0.717) is 23.3 Å². The summed E-state index contributed by atoms with van der Waals surface area (Å²) < 4.78 is 6.77. The third kappa shape index (κ3) is 3.95. The average molecular weight is 405 g/mol. The molecule has 1 unspecified atom stereocenters. The van der Waals surface area contributed by atoms with Crippen molar-refractivity contribution in [2.75, 3.05) is 13.7 Å². The van der Waals surface area contributed by atoms with E-state index in [2.05, 4.69) is 4.98 Å². The number of amides is 1. The Labute approximate surface area is 176 Å². The maximum Gasteiger partial charge on any atom is 0.261 e. The van der Waals surface area contributed by atoms with Gasteiger partial charge < -0.3 is 9.64 Å². The van der Waals surface area contributed by atoms with Crippen LogP contribution in [-0.4, -0.2) is 34.0 Å². The van der Waals surface area contributed by atoms with Gasteiger partial charge in [-0.25, -0.2) is 4.98 Å². The van der Waals surface area contributed by atoms with Gasteiger partial charge in [-0.2, -0.15) is 0 Å². The second-order valence-corrected chi connectivity index (χ2v) is 7.79. The van der Waals surface area contributed by atoms with E-state index in [1.807, 2.05) is 47.4 Å². The normalized spacial score (nSPS) is 17.0. The number of nitrogens with zero attached hydrogens (tertiary/aromatic N) is 3. The molecule has 0 N–H and O–H groups in total. The van der Waals surface area contributed by atoms with Crippen LogP contribution in [-0.2, 0) is 11.3 Å². The number of likely N-dealkylation sites (tertiary alicyclic amines) is 1. The predicted octanol–water partition coefficient (Wildman–Crippen LogP) is 3.86. The van der Waals surface area contributed by atoms with Crippen molar-refractivity contribution < 1.29 is 9.53 Å². The van der Waals surface area contributed by atoms with Crippen LogP contribution in [0.4, 0.5) is 0 Å². The number of aryl methyl sites for hydroxylation is 1. The molecule has 1 aromatic heterocycles. The Kier molecular flexibility index (Phi) is 5.84. The fourth-order valence-electron chi connectivity index (χ4n) is 4.27. The molecule has 156 valence electrons. The molecule has 2 aromatic carbocycles. The Morgan fingerprint density at radius 1 is 1.10 bits per heavy atom. The van der Waals surface area contributed by atoms with Gasteiger partial charge in [-0.05, 0) is 49.6 Å². The fraction of sp³-hybridized carbons (Fsp3) is 0.375. The van der Waals surface area contributed by atoms with Gasteiger partial charge in [0, 0.05) is 6.54 Å². The maximum absolute atomic E-state index is 13.4. The molecule has 3 aromatic rings. The van der Waals surface area contributed by atoms with Crippen molar-refractivity contribution in [2.24, 2.45) is 0 Å². The Hall–Kier alpha value is -3.15. The van der Waals surface area contributed by atoms with E-state index in [-0.39, 0.29) is 24.1 Å². The Balaban J connectivity index is 1.64. The summed E-state index contributed by atoms with van der Waals surface area (Å²) in [7, 11) is 1.65. The standard InChI is InChI=1S/C24H27N3O3/c1-17-25-21-9-6-5-8-20(21)24(29)27(17)16-23(28)26-15-7-3-4-10-22(26)18-11-13-19(30-2)14-12-18/h5-6,8-9,11-14,22H,3-4,7,10,15-16H2,1-2H3. The Morgan fingerprint density at radius 3 is 2.63 bits per heavy atom. The van der Waals surface area contributed by atoms with E-state index in [9.17, 15) is 9.59 Å². The van der Waals surface area contributed by atoms with Crippen LogP contribution in [0, 0.1) is 6.92 Å². The van der Waals surface area contributed by atoms with Gasteiger partial charge in [0.15, 0.2) is 0 Å². The number of hydrogen-bond acceptors (Lipinski definition) is 4. The third-order valence-electron chi connectivity index (χ3n) is 5.92. The molecule has 1 saturated heterocycles. The van der Waals surface area contributed by atoms with Crippen molar-refractivity contribution in [3.8, 4) is 5.75 Å². The van der Waals surface area contributed by atoms with Crippen LogP contribution < -0.4 is 10.3 Å². The number of carbonyl (C=O) groups is 1. The lowest BCUT2D eigenvalue weighted by Crippen LogP contribution is -2.39. The van der Waals surface area contributed by atoms with E-state index in [4.69, 9.17) is 4.74 Å². The molecule has 1 atom stereocenters. The summed E-state index contributed by atoms with van der Waals surface area (Å²) in [6.45, 7) is 2.49. The monoisotopic (exact) mass is 405 g/mol. The maximum atomic E-state index is 13.4. The van der Waals surface area contributed by atoms with Gasteiger partial charge in [0.05, 0.1) is 24.1 Å². The average Bonchev–Trinajstić information content (AvgIpc) is 3.03. The van der Waals surface area contributed by atoms with Gasteiger partial charge in [0.2, 0.25) is 5.91 Å². The minimum absolute atomic E-state index is 0.00908. The van der Waals surface area contributed by atoms with Crippen LogP contribution in [0.1, 0.15) is 43.1 Å². The van der Waals surface area contributed by atoms with Crippen LogP contribution in [0.2, 0.25) is 0 Å². The first-order valence-electron chi connectivity index (χ1n) is 10.5. The Morgan fingerprint density at radius 2 is 1.87 bits per heavy atom. The molecule has 0 radical (unpaired) electrons. The predicted molar refractivity (Wildman–Crippen MR) is 117 cm³/mol. The third-order valence-corrected chi connectivity index (χ3v) is 5.92. The lowest BCUT2D eigenvalue weighted by Gasteiger charge is -2.31. The summed E-state index contributed by atoms with van der Waals surface area (Å²) >= 11 is 0. The van der Waals surface area contributed by atoms with Gasteiger partial charge in [-0.1, -0.05) is 37.1 Å². The van der Waals surface area contributed by atoms with Crippen LogP contribution in [0.25, 0.3) is 10.9 Å². The zero-order valence-electron chi connectivity index (χ0n) is 17.5. The van der Waals surface area contributed by atoms with Gasteiger partial charge in [0.1, 0.15) is 18.1 Å². The molecule has 6 heteroatoms. The van der Waals surface area contributed by atoms with Crippen molar-refractivity contribution >= 4 is 16.8 Å². The SMILES string of the molecule is COc1ccc(C2CCCCCN2C(=O)Cn2c(C)nc3ccccc3c2=O)cc1. The number of benzene rings is 2. The second kappa shape index (κ2) is 8.69. The highest BCUT2D eigenvalue weighted by Gasteiger charge is 2.27. The van der Waals surface area contributed by atoms with Gasteiger partial charge in [-0.15, -0.1) is 0 Å². The smallest absolute Gasteiger partial charge is 0.261 e. The molecule has 1 amide bonds. The van der Waals surface area contributed by atoms with Crippen molar-refractivity contribution in [3.05, 3.63) is 70.3 Å². The lowest BCUT2D eigenvalue weighted by molar-refractivity contribution is -0.134. The molecular weight excluding hydrogens is 378 g/mol. The first-order chi connectivity index (χ1) is 14.6. The highest BCUT2D eigenvalue weighted by molar-refractivity contribution is 5.79. The zero-order chi connectivity index (χ0) is 21.1. The van der Waals surface area contributed by atoms with Crippen LogP contribution in [0.15, 0.2) is 53.3 Å². The number of hydrogen-bond donors (Lipinski definition) is 0. The first kappa shape index (κ1) is 20.1. The number of aromatic nitrogens is 2. The molecule has 2 heterocycles. The molecule has 1 aliphatic rings. The lowest BCUT2D eigenvalue weighted by atomic mass is 10.0. The fourth-order valence-corrected chi connectivity index (χ4v) is 4.27. The highest BCUT2D eigenvalue weighted by Crippen LogP contribution is 2.31. The second-order valence-electron chi connectivity index (χ2n) is 7.79. The van der Waals surface area contributed by atoms with Crippen molar-refractivity contribution in [1.82, 2.24) is 14.5 Å². The molecule has 4 rings (SSSR count). The van der Waals surface area contributed by atoms with E-state index >= 15 is 0 Å². The highest BCUT2D eigenvalue weighted by atomic mass is 16.5. The van der Waals surface area contributed by atoms with Crippen molar-refractivity contribution in [2.45, 2.75) is 45.2 Å². The van der Waals surface area contributed by atoms with Gasteiger partial charge >= 0.3 is 0 Å². The molecule has 0 saturated carbocycles. The first-order valence-corrected chi connectivity index (χ1v) is 10.5. The molecule has 1 aliphatic heterocycles. The Bertz CT molecular complexity index is 1100.